The highest BCUT2D eigenvalue weighted by molar-refractivity contribution is 6.31. The molecule has 0 saturated heterocycles. The Kier molecular flexibility index (Phi) is 5.55. The van der Waals surface area contributed by atoms with E-state index >= 15 is 0 Å². The number of nitro groups is 1. The largest absolute Gasteiger partial charge is 0.478 e. The van der Waals surface area contributed by atoms with E-state index < -0.39 is 51.1 Å². The van der Waals surface area contributed by atoms with E-state index in [1.54, 1.807) is 0 Å². The molecule has 0 saturated carbocycles. The summed E-state index contributed by atoms with van der Waals surface area (Å²) in [5.41, 5.74) is -5.02. The first-order chi connectivity index (χ1) is 14.8. The Bertz CT molecular complexity index is 1300. The van der Waals surface area contributed by atoms with Crippen LogP contribution in [0.3, 0.4) is 0 Å². The van der Waals surface area contributed by atoms with Gasteiger partial charge in [-0.2, -0.15) is 23.4 Å². The Morgan fingerprint density at radius 1 is 1.12 bits per heavy atom. The Morgan fingerprint density at radius 3 is 2.22 bits per heavy atom. The van der Waals surface area contributed by atoms with Gasteiger partial charge in [-0.15, -0.1) is 0 Å². The van der Waals surface area contributed by atoms with Gasteiger partial charge in [0.2, 0.25) is 5.78 Å². The molecule has 0 spiro atoms. The monoisotopic (exact) mass is 471 g/mol. The number of alkyl halides is 3. The maximum absolute atomic E-state index is 13.4. The lowest BCUT2D eigenvalue weighted by Crippen LogP contribution is -2.13. The van der Waals surface area contributed by atoms with Crippen molar-refractivity contribution in [1.82, 2.24) is 19.6 Å². The van der Waals surface area contributed by atoms with Crippen LogP contribution >= 0.6 is 11.6 Å². The molecule has 0 amide bonds. The first-order valence-corrected chi connectivity index (χ1v) is 9.03. The van der Waals surface area contributed by atoms with Gasteiger partial charge in [-0.3, -0.25) is 24.3 Å². The zero-order valence-electron chi connectivity index (χ0n) is 16.6. The minimum absolute atomic E-state index is 0.00729. The van der Waals surface area contributed by atoms with Crippen molar-refractivity contribution < 1.29 is 32.8 Å². The van der Waals surface area contributed by atoms with E-state index in [0.29, 0.717) is 4.68 Å². The predicted octanol–water partition coefficient (Wildman–Crippen LogP) is 3.64. The van der Waals surface area contributed by atoms with Crippen LogP contribution in [0, 0.1) is 17.0 Å². The molecule has 0 bridgehead atoms. The predicted molar refractivity (Wildman–Crippen MR) is 104 cm³/mol. The van der Waals surface area contributed by atoms with Gasteiger partial charge in [0.1, 0.15) is 16.8 Å². The van der Waals surface area contributed by atoms with Gasteiger partial charge in [-0.1, -0.05) is 11.6 Å². The number of aromatic nitrogens is 4. The third-order valence-electron chi connectivity index (χ3n) is 4.60. The van der Waals surface area contributed by atoms with E-state index in [9.17, 15) is 38.0 Å². The molecule has 0 aliphatic heterocycles. The topological polar surface area (TPSA) is 133 Å². The summed E-state index contributed by atoms with van der Waals surface area (Å²) in [7, 11) is 2.37. The number of benzene rings is 1. The second kappa shape index (κ2) is 7.75. The summed E-state index contributed by atoms with van der Waals surface area (Å²) in [5, 5.41) is 28.2. The number of carboxylic acids is 1. The summed E-state index contributed by atoms with van der Waals surface area (Å²) >= 11 is 5.89. The van der Waals surface area contributed by atoms with Crippen molar-refractivity contribution in [2.75, 3.05) is 0 Å². The molecule has 3 aromatic rings. The van der Waals surface area contributed by atoms with Crippen LogP contribution in [0.5, 0.6) is 0 Å². The van der Waals surface area contributed by atoms with Crippen LogP contribution in [0.2, 0.25) is 5.02 Å². The summed E-state index contributed by atoms with van der Waals surface area (Å²) in [5.74, 6) is -2.89. The number of nitro benzene ring substituents is 1. The fourth-order valence-corrected chi connectivity index (χ4v) is 3.55. The lowest BCUT2D eigenvalue weighted by atomic mass is 9.97. The summed E-state index contributed by atoms with van der Waals surface area (Å²) in [4.78, 5) is 35.7. The highest BCUT2D eigenvalue weighted by Gasteiger charge is 2.43. The molecule has 14 heteroatoms. The zero-order valence-corrected chi connectivity index (χ0v) is 17.3. The molecule has 10 nitrogen and oxygen atoms in total. The quantitative estimate of drug-likeness (QED) is 0.341. The fourth-order valence-electron chi connectivity index (χ4n) is 3.38. The molecule has 2 aromatic heterocycles. The van der Waals surface area contributed by atoms with Gasteiger partial charge in [-0.05, 0) is 19.1 Å². The molecule has 0 fully saturated rings. The number of aromatic carboxylic acids is 1. The van der Waals surface area contributed by atoms with Crippen LogP contribution in [-0.4, -0.2) is 41.3 Å². The number of aryl methyl sites for hydroxylation is 3. The summed E-state index contributed by atoms with van der Waals surface area (Å²) in [6.45, 7) is 1.36. The molecule has 0 radical (unpaired) electrons. The van der Waals surface area contributed by atoms with Crippen LogP contribution in [0.15, 0.2) is 18.2 Å². The number of carbonyl (C=O) groups is 2. The third kappa shape index (κ3) is 3.70. The van der Waals surface area contributed by atoms with Crippen molar-refractivity contribution in [3.8, 4) is 11.4 Å². The lowest BCUT2D eigenvalue weighted by Gasteiger charge is -2.09. The molecular weight excluding hydrogens is 459 g/mol. The molecule has 0 aliphatic rings. The minimum Gasteiger partial charge on any atom is -0.478 e. The highest BCUT2D eigenvalue weighted by atomic mass is 35.5. The minimum atomic E-state index is -5.09. The Morgan fingerprint density at radius 2 is 1.69 bits per heavy atom. The van der Waals surface area contributed by atoms with Crippen LogP contribution in [0.4, 0.5) is 18.9 Å². The Balaban J connectivity index is 2.38. The fraction of sp³-hybridized carbons (Fsp3) is 0.222. The van der Waals surface area contributed by atoms with Crippen molar-refractivity contribution in [3.63, 3.8) is 0 Å². The second-order valence-corrected chi connectivity index (χ2v) is 7.12. The van der Waals surface area contributed by atoms with E-state index in [2.05, 4.69) is 10.2 Å². The SMILES string of the molecule is Cc1nn(C)c(-c2c(C(=O)O)c(C(F)(F)F)nn2C)c1C(=O)c1cc(Cl)ccc1[N+](=O)[O-]. The number of ketones is 1. The first kappa shape index (κ1) is 22.9. The third-order valence-corrected chi connectivity index (χ3v) is 4.84. The Labute approximate surface area is 182 Å². The van der Waals surface area contributed by atoms with Crippen LogP contribution in [0.1, 0.15) is 37.7 Å². The molecule has 1 aromatic carbocycles. The molecule has 168 valence electrons. The normalized spacial score (nSPS) is 11.6. The molecule has 0 unspecified atom stereocenters. The molecule has 2 heterocycles. The molecule has 0 aliphatic carbocycles. The van der Waals surface area contributed by atoms with Crippen molar-refractivity contribution in [2.24, 2.45) is 14.1 Å². The summed E-state index contributed by atoms with van der Waals surface area (Å²) in [6, 6.07) is 3.25. The van der Waals surface area contributed by atoms with E-state index in [1.807, 2.05) is 0 Å². The average Bonchev–Trinajstić information content (AvgIpc) is 3.16. The number of nitrogens with zero attached hydrogens (tertiary/aromatic N) is 5. The maximum atomic E-state index is 13.4. The molecule has 0 atom stereocenters. The van der Waals surface area contributed by atoms with Crippen LogP contribution in [-0.2, 0) is 20.3 Å². The number of carbonyl (C=O) groups excluding carboxylic acids is 1. The average molecular weight is 472 g/mol. The van der Waals surface area contributed by atoms with Gasteiger partial charge < -0.3 is 5.11 Å². The standard InChI is InChI=1S/C18H13ClF3N5O5/c1-7-11(15(28)9-6-8(19)4-5-10(9)27(31)32)13(25(2)23-7)14-12(17(29)30)16(18(20,21)22)24-26(14)3/h4-6H,1-3H3,(H,29,30). The van der Waals surface area contributed by atoms with Gasteiger partial charge in [-0.25, -0.2) is 4.79 Å². The maximum Gasteiger partial charge on any atom is 0.436 e. The Hall–Kier alpha value is -3.74. The smallest absolute Gasteiger partial charge is 0.436 e. The van der Waals surface area contributed by atoms with Gasteiger partial charge in [0.05, 0.1) is 21.9 Å². The number of hydrogen-bond donors (Lipinski definition) is 1. The van der Waals surface area contributed by atoms with Crippen molar-refractivity contribution in [1.29, 1.82) is 0 Å². The summed E-state index contributed by atoms with van der Waals surface area (Å²) < 4.78 is 41.9. The number of rotatable bonds is 5. The van der Waals surface area contributed by atoms with Gasteiger partial charge in [0, 0.05) is 25.2 Å². The van der Waals surface area contributed by atoms with Gasteiger partial charge in [0.25, 0.3) is 5.69 Å². The van der Waals surface area contributed by atoms with Crippen LogP contribution < -0.4 is 0 Å². The van der Waals surface area contributed by atoms with Crippen molar-refractivity contribution in [3.05, 3.63) is 61.4 Å². The summed E-state index contributed by atoms with van der Waals surface area (Å²) in [6.07, 6.45) is -5.09. The second-order valence-electron chi connectivity index (χ2n) is 6.68. The molecule has 32 heavy (non-hydrogen) atoms. The van der Waals surface area contributed by atoms with E-state index in [1.165, 1.54) is 20.0 Å². The highest BCUT2D eigenvalue weighted by Crippen LogP contribution is 2.39. The van der Waals surface area contributed by atoms with Crippen molar-refractivity contribution >= 4 is 29.0 Å². The number of carboxylic acid groups (broad SMARTS) is 1. The van der Waals surface area contributed by atoms with Crippen LogP contribution in [0.25, 0.3) is 11.4 Å². The first-order valence-electron chi connectivity index (χ1n) is 8.65. The number of halogens is 4. The molecular formula is C18H13ClF3N5O5. The van der Waals surface area contributed by atoms with Crippen molar-refractivity contribution in [2.45, 2.75) is 13.1 Å². The van der Waals surface area contributed by atoms with E-state index in [-0.39, 0.29) is 22.0 Å². The zero-order chi connectivity index (χ0) is 24.1. The lowest BCUT2D eigenvalue weighted by molar-refractivity contribution is -0.385. The number of hydrogen-bond acceptors (Lipinski definition) is 6. The molecule has 3 rings (SSSR count). The van der Waals surface area contributed by atoms with E-state index in [0.717, 1.165) is 23.9 Å². The van der Waals surface area contributed by atoms with Gasteiger partial charge in [0.15, 0.2) is 5.69 Å². The van der Waals surface area contributed by atoms with E-state index in [4.69, 9.17) is 11.6 Å². The molecule has 1 N–H and O–H groups in total. The van der Waals surface area contributed by atoms with Gasteiger partial charge >= 0.3 is 12.1 Å².